The molecule has 23 heteroatoms. The maximum atomic E-state index is 5.75. The molecule has 40 heavy (non-hydrogen) atoms. The van der Waals surface area contributed by atoms with Gasteiger partial charge in [-0.1, -0.05) is 51.4 Å². The molecule has 2 saturated carbocycles. The van der Waals surface area contributed by atoms with E-state index < -0.39 is 0 Å². The molecule has 0 amide bonds. The van der Waals surface area contributed by atoms with Gasteiger partial charge in [0.2, 0.25) is 0 Å². The molecule has 2 aliphatic rings. The topological polar surface area (TPSA) is 47.6 Å². The van der Waals surface area contributed by atoms with Crippen LogP contribution in [0.5, 0.6) is 0 Å². The maximum Gasteiger partial charge on any atom is 0 e. The number of nitrogens with one attached hydrogen (secondary N) is 2. The summed E-state index contributed by atoms with van der Waals surface area (Å²) in [5.41, 5.74) is 11.5. The molecule has 0 spiro atoms. The standard InChI is InChI=1S/C7H13.C6H11.2CH4N.2CH3.21Y/c1-7-5-3-2-4-6-7;1-2-4-6-5-3-1;2*1-2;;;;;;;;;;;;;;;;;;;;;;;/h7H,1-6H2;1H,2-6H2;2*2H,1H3;2*1H3;;;;;;;;;;;;;;;;;;;;;/q6*-1;;;;;;;;;;;;;;;;;;;;;. The first-order valence-electron chi connectivity index (χ1n) is 7.04. The van der Waals surface area contributed by atoms with Crippen LogP contribution in [0, 0.1) is 34.1 Å². The van der Waals surface area contributed by atoms with Crippen molar-refractivity contribution in [1.29, 1.82) is 0 Å². The second kappa shape index (κ2) is 168. The van der Waals surface area contributed by atoms with E-state index in [4.69, 9.17) is 11.5 Å². The average Bonchev–Trinajstić information content (AvgIpc) is 2.47. The summed E-state index contributed by atoms with van der Waals surface area (Å²) in [5.74, 6) is 0.786. The Hall–Kier alpha value is 23.1. The summed E-state index contributed by atoms with van der Waals surface area (Å²) in [5, 5.41) is 0. The molecular weight excluding hydrogens is 2100 g/mol. The van der Waals surface area contributed by atoms with Crippen LogP contribution in [0.2, 0.25) is 0 Å². The van der Waals surface area contributed by atoms with E-state index in [1.165, 1.54) is 78.3 Å². The van der Waals surface area contributed by atoms with Crippen molar-refractivity contribution in [2.45, 2.75) is 64.2 Å². The summed E-state index contributed by atoms with van der Waals surface area (Å²) in [6, 6.07) is 0. The van der Waals surface area contributed by atoms with Crippen molar-refractivity contribution in [2.24, 2.45) is 5.92 Å². The smallest absolute Gasteiger partial charge is 0 e. The van der Waals surface area contributed by atoms with Gasteiger partial charge in [-0.3, -0.25) is 0 Å². The molecule has 0 saturated heterocycles. The number of hydrogen-bond donors (Lipinski definition) is 0. The molecule has 2 nitrogen and oxygen atoms in total. The third kappa shape index (κ3) is 160. The quantitative estimate of drug-likeness (QED) is 0.242. The molecule has 2 N–H and O–H groups in total. The van der Waals surface area contributed by atoms with E-state index in [1.54, 1.807) is 0 Å². The van der Waals surface area contributed by atoms with Gasteiger partial charge in [0.05, 0.1) is 0 Å². The van der Waals surface area contributed by atoms with Crippen molar-refractivity contribution >= 4 is 0 Å². The van der Waals surface area contributed by atoms with E-state index in [1.807, 2.05) is 0 Å². The van der Waals surface area contributed by atoms with E-state index in [9.17, 15) is 0 Å². The Bertz CT molecular complexity index is 134. The zero-order chi connectivity index (χ0) is 13.4. The van der Waals surface area contributed by atoms with E-state index in [0.29, 0.717) is 0 Å². The van der Waals surface area contributed by atoms with Gasteiger partial charge >= 0.3 is 0 Å². The number of rotatable bonds is 0. The number of hydrogen-bond acceptors (Lipinski definition) is 0. The summed E-state index contributed by atoms with van der Waals surface area (Å²) >= 11 is 0. The second-order valence-corrected chi connectivity index (χ2v) is 4.43. The predicted molar refractivity (Wildman–Crippen MR) is 92.6 cm³/mol. The van der Waals surface area contributed by atoms with Crippen LogP contribution in [0.3, 0.4) is 0 Å². The molecule has 0 aromatic rings. The van der Waals surface area contributed by atoms with Gasteiger partial charge in [0.25, 0.3) is 0 Å². The summed E-state index contributed by atoms with van der Waals surface area (Å²) in [6.45, 7) is 4.00. The van der Waals surface area contributed by atoms with Gasteiger partial charge in [0, 0.05) is 687 Å². The summed E-state index contributed by atoms with van der Waals surface area (Å²) in [6.07, 6.45) is 16.5. The minimum absolute atomic E-state index is 0. The second-order valence-electron chi connectivity index (χ2n) is 4.43. The van der Waals surface area contributed by atoms with Crippen LogP contribution >= 0.6 is 0 Å². The Morgan fingerprint density at radius 2 is 0.550 bits per heavy atom. The van der Waals surface area contributed by atoms with Crippen LogP contribution in [0.4, 0.5) is 0 Å². The fourth-order valence-electron chi connectivity index (χ4n) is 2.09. The van der Waals surface area contributed by atoms with Gasteiger partial charge in [-0.25, -0.2) is 0 Å². The van der Waals surface area contributed by atoms with E-state index in [0.717, 1.165) is 5.92 Å². The summed E-state index contributed by atoms with van der Waals surface area (Å²) in [7, 11) is 2.50. The minimum atomic E-state index is 0. The zero-order valence-corrected chi connectivity index (χ0v) is 85.7. The third-order valence-corrected chi connectivity index (χ3v) is 3.04. The zero-order valence-electron chi connectivity index (χ0n) is 26.1. The first-order valence-corrected chi connectivity index (χ1v) is 7.04. The fraction of sp³-hybridized carbons (Fsp3) is 0.765. The van der Waals surface area contributed by atoms with Gasteiger partial charge in [-0.15, -0.1) is 0 Å². The van der Waals surface area contributed by atoms with Gasteiger partial charge in [-0.2, -0.15) is 32.9 Å². The predicted octanol–water partition coefficient (Wildman–Crippen LogP) is 6.74. The van der Waals surface area contributed by atoms with Crippen molar-refractivity contribution in [1.82, 2.24) is 0 Å². The van der Waals surface area contributed by atoms with Gasteiger partial charge in [0.15, 0.2) is 0 Å². The molecule has 0 bridgehead atoms. The Labute approximate surface area is 783 Å². The molecule has 0 aromatic heterocycles. The molecule has 2 aliphatic carbocycles. The SMILES string of the molecule is C[NH-].C[NH-].[CH-]1CCCCC1.[CH2-]C1CCCCC1.[CH3-].[CH3-].[Y].[Y].[Y].[Y].[Y].[Y].[Y].[Y].[Y].[Y].[Y].[Y].[Y].[Y].[Y].[Y].[Y].[Y].[Y].[Y].[Y]. The molecule has 2 fully saturated rings. The maximum absolute atomic E-state index is 5.75. The molecule has 0 unspecified atom stereocenters. The molecule has 0 heterocycles. The van der Waals surface area contributed by atoms with Crippen LogP contribution in [0.25, 0.3) is 11.5 Å². The molecule has 0 atom stereocenters. The van der Waals surface area contributed by atoms with Gasteiger partial charge in [0.1, 0.15) is 0 Å². The average molecular weight is 2140 g/mol. The Morgan fingerprint density at radius 1 is 0.375 bits per heavy atom. The van der Waals surface area contributed by atoms with Crippen LogP contribution in [0.15, 0.2) is 0 Å². The monoisotopic (exact) mass is 2140 g/mol. The first-order chi connectivity index (χ1) is 8.39. The fourth-order valence-corrected chi connectivity index (χ4v) is 2.09. The van der Waals surface area contributed by atoms with E-state index in [-0.39, 0.29) is 702 Å². The van der Waals surface area contributed by atoms with Crippen molar-refractivity contribution in [3.05, 3.63) is 39.7 Å². The summed E-state index contributed by atoms with van der Waals surface area (Å²) < 4.78 is 0. The van der Waals surface area contributed by atoms with Crippen LogP contribution < -0.4 is 0 Å². The normalized spacial score (nSPS) is 8.32. The van der Waals surface area contributed by atoms with Crippen molar-refractivity contribution in [3.63, 3.8) is 0 Å². The molecule has 2 rings (SSSR count). The summed E-state index contributed by atoms with van der Waals surface area (Å²) in [4.78, 5) is 0. The Morgan fingerprint density at radius 3 is 0.625 bits per heavy atom. The van der Waals surface area contributed by atoms with Crippen molar-refractivity contribution in [3.8, 4) is 0 Å². The first kappa shape index (κ1) is 168. The van der Waals surface area contributed by atoms with Crippen LogP contribution in [0.1, 0.15) is 64.2 Å². The van der Waals surface area contributed by atoms with Crippen LogP contribution in [-0.2, 0) is 687 Å². The van der Waals surface area contributed by atoms with Gasteiger partial charge < -0.3 is 39.7 Å². The van der Waals surface area contributed by atoms with Crippen molar-refractivity contribution < 1.29 is 687 Å². The van der Waals surface area contributed by atoms with E-state index >= 15 is 0 Å². The largest absolute Gasteiger partial charge is 0.680 e. The molecule has 0 aromatic carbocycles. The van der Waals surface area contributed by atoms with Gasteiger partial charge in [-0.05, 0) is 0 Å². The Balaban J connectivity index is -0.00000000288. The van der Waals surface area contributed by atoms with Crippen molar-refractivity contribution in [2.75, 3.05) is 14.1 Å². The molecular formula is C17H38N2Y21-6. The molecule has 21 radical (unpaired) electrons. The minimum Gasteiger partial charge on any atom is -0.680 e. The van der Waals surface area contributed by atoms with Crippen LogP contribution in [-0.4, -0.2) is 14.1 Å². The third-order valence-electron chi connectivity index (χ3n) is 3.04. The Kier molecular flexibility index (Phi) is 706. The van der Waals surface area contributed by atoms with E-state index in [2.05, 4.69) is 13.3 Å². The molecule has 0 aliphatic heterocycles. The molecule has 185 valence electrons.